The van der Waals surface area contributed by atoms with Crippen LogP contribution in [-0.2, 0) is 8.98 Å². The van der Waals surface area contributed by atoms with Crippen molar-refractivity contribution in [2.45, 2.75) is 12.8 Å². The summed E-state index contributed by atoms with van der Waals surface area (Å²) in [6, 6.07) is 0. The monoisotopic (exact) mass is 287 g/mol. The number of hydrogen-bond acceptors (Lipinski definition) is 3. The predicted molar refractivity (Wildman–Crippen MR) is 53.4 cm³/mol. The molecule has 5 heteroatoms. The van der Waals surface area contributed by atoms with E-state index < -0.39 is 0 Å². The molecule has 3 nitrogen and oxygen atoms in total. The Hall–Kier alpha value is 0.510. The van der Waals surface area contributed by atoms with Crippen LogP contribution in [-0.4, -0.2) is 30.5 Å². The van der Waals surface area contributed by atoms with Crippen molar-refractivity contribution in [1.82, 2.24) is 4.90 Å². The molecule has 0 N–H and O–H groups in total. The van der Waals surface area contributed by atoms with Gasteiger partial charge >= 0.3 is 0 Å². The van der Waals surface area contributed by atoms with Crippen LogP contribution >= 0.6 is 30.4 Å². The highest BCUT2D eigenvalue weighted by atomic mass is 127. The molecule has 1 aliphatic heterocycles. The lowest BCUT2D eigenvalue weighted by molar-refractivity contribution is -0.127. The highest BCUT2D eigenvalue weighted by molar-refractivity contribution is 14.2. The first kappa shape index (κ1) is 9.60. The first-order valence-electron chi connectivity index (χ1n) is 3.52. The third-order valence-electron chi connectivity index (χ3n) is 1.66. The summed E-state index contributed by atoms with van der Waals surface area (Å²) in [7, 11) is 1.32. The van der Waals surface area contributed by atoms with E-state index in [4.69, 9.17) is 4.18 Å². The number of carbonyl (C=O) groups is 1. The first-order valence-corrected chi connectivity index (χ1v) is 6.81. The molecular formula is C6H10INO2S. The average molecular weight is 287 g/mol. The van der Waals surface area contributed by atoms with E-state index in [0.717, 1.165) is 25.9 Å². The molecule has 1 aliphatic rings. The van der Waals surface area contributed by atoms with E-state index >= 15 is 0 Å². The van der Waals surface area contributed by atoms with Crippen molar-refractivity contribution < 1.29 is 8.98 Å². The molecule has 0 bridgehead atoms. The number of halogens is 1. The summed E-state index contributed by atoms with van der Waals surface area (Å²) in [4.78, 5) is 12.9. The predicted octanol–water partition coefficient (Wildman–Crippen LogP) is 1.62. The van der Waals surface area contributed by atoms with E-state index in [1.807, 2.05) is 4.90 Å². The molecule has 64 valence electrons. The van der Waals surface area contributed by atoms with E-state index in [0.29, 0.717) is 6.61 Å². The molecular weight excluding hydrogens is 277 g/mol. The van der Waals surface area contributed by atoms with E-state index in [2.05, 4.69) is 21.2 Å². The quantitative estimate of drug-likeness (QED) is 0.447. The Bertz CT molecular complexity index is 145. The Morgan fingerprint density at radius 3 is 3.09 bits per heavy atom. The van der Waals surface area contributed by atoms with Crippen LogP contribution in [0.3, 0.4) is 0 Å². The third-order valence-corrected chi connectivity index (χ3v) is 2.68. The molecule has 0 aliphatic carbocycles. The van der Waals surface area contributed by atoms with Gasteiger partial charge in [-0.25, -0.2) is 0 Å². The second kappa shape index (κ2) is 5.21. The zero-order valence-corrected chi connectivity index (χ0v) is 9.06. The van der Waals surface area contributed by atoms with Crippen LogP contribution in [0.4, 0.5) is 0 Å². The van der Waals surface area contributed by atoms with Crippen molar-refractivity contribution in [3.63, 3.8) is 0 Å². The summed E-state index contributed by atoms with van der Waals surface area (Å²) in [6.07, 6.45) is 1.73. The van der Waals surface area contributed by atoms with Crippen LogP contribution < -0.4 is 0 Å². The minimum atomic E-state index is 0.270. The fourth-order valence-electron chi connectivity index (χ4n) is 1.12. The maximum Gasteiger partial charge on any atom is 0.222 e. The van der Waals surface area contributed by atoms with Gasteiger partial charge in [-0.05, 0) is 6.42 Å². The lowest BCUT2D eigenvalue weighted by Gasteiger charge is -2.13. The number of rotatable bonds is 4. The molecule has 0 saturated carbocycles. The van der Waals surface area contributed by atoms with Crippen LogP contribution in [0.15, 0.2) is 0 Å². The van der Waals surface area contributed by atoms with Gasteiger partial charge in [0, 0.05) is 40.7 Å². The van der Waals surface area contributed by atoms with Crippen LogP contribution in [0.25, 0.3) is 0 Å². The van der Waals surface area contributed by atoms with Gasteiger partial charge in [0.25, 0.3) is 0 Å². The van der Waals surface area contributed by atoms with Crippen LogP contribution in [0.5, 0.6) is 0 Å². The summed E-state index contributed by atoms with van der Waals surface area (Å²) in [5.41, 5.74) is 0. The van der Waals surface area contributed by atoms with Gasteiger partial charge in [-0.2, -0.15) is 0 Å². The van der Waals surface area contributed by atoms with Gasteiger partial charge in [-0.1, -0.05) is 0 Å². The van der Waals surface area contributed by atoms with Crippen molar-refractivity contribution in [2.24, 2.45) is 0 Å². The lowest BCUT2D eigenvalue weighted by atomic mass is 10.4. The van der Waals surface area contributed by atoms with E-state index in [1.54, 1.807) is 0 Å². The molecule has 0 spiro atoms. The van der Waals surface area contributed by atoms with Gasteiger partial charge < -0.3 is 9.08 Å². The molecule has 1 fully saturated rings. The Morgan fingerprint density at radius 2 is 2.55 bits per heavy atom. The molecule has 0 aromatic heterocycles. The van der Waals surface area contributed by atoms with Crippen molar-refractivity contribution in [3.05, 3.63) is 0 Å². The van der Waals surface area contributed by atoms with Gasteiger partial charge in [0.2, 0.25) is 5.91 Å². The van der Waals surface area contributed by atoms with Crippen molar-refractivity contribution in [3.8, 4) is 0 Å². The Kier molecular flexibility index (Phi) is 4.54. The summed E-state index contributed by atoms with van der Waals surface area (Å²) in [5.74, 6) is 0.270. The fraction of sp³-hybridized carbons (Fsp3) is 0.833. The van der Waals surface area contributed by atoms with Crippen molar-refractivity contribution in [2.75, 3.05) is 19.7 Å². The van der Waals surface area contributed by atoms with E-state index in [-0.39, 0.29) is 5.91 Å². The molecule has 0 aromatic carbocycles. The standard InChI is InChI=1S/C6H10INO2S/c7-11-10-5-4-8-3-1-2-6(8)9/h1-5H2. The second-order valence-corrected chi connectivity index (χ2v) is 3.81. The lowest BCUT2D eigenvalue weighted by Crippen LogP contribution is -2.27. The Labute approximate surface area is 82.6 Å². The average Bonchev–Trinajstić information content (AvgIpc) is 2.37. The second-order valence-electron chi connectivity index (χ2n) is 2.37. The zero-order valence-electron chi connectivity index (χ0n) is 6.09. The van der Waals surface area contributed by atoms with E-state index in [1.165, 1.54) is 9.21 Å². The maximum atomic E-state index is 11.0. The first-order chi connectivity index (χ1) is 5.34. The molecule has 11 heavy (non-hydrogen) atoms. The highest BCUT2D eigenvalue weighted by Gasteiger charge is 2.18. The largest absolute Gasteiger partial charge is 0.340 e. The molecule has 1 rings (SSSR count). The molecule has 0 atom stereocenters. The van der Waals surface area contributed by atoms with Crippen molar-refractivity contribution in [1.29, 1.82) is 0 Å². The summed E-state index contributed by atoms with van der Waals surface area (Å²) in [5, 5.41) is 0. The SMILES string of the molecule is O=C1CCCN1CCOSI. The number of carbonyl (C=O) groups excluding carboxylic acids is 1. The summed E-state index contributed by atoms with van der Waals surface area (Å²) < 4.78 is 5.05. The third kappa shape index (κ3) is 3.16. The molecule has 1 saturated heterocycles. The van der Waals surface area contributed by atoms with E-state index in [9.17, 15) is 4.79 Å². The fourth-order valence-corrected chi connectivity index (χ4v) is 1.80. The smallest absolute Gasteiger partial charge is 0.222 e. The molecule has 0 radical (unpaired) electrons. The number of nitrogens with zero attached hydrogens (tertiary/aromatic N) is 1. The van der Waals surface area contributed by atoms with Gasteiger partial charge in [-0.3, -0.25) is 4.79 Å². The molecule has 0 unspecified atom stereocenters. The van der Waals surface area contributed by atoms with Crippen molar-refractivity contribution >= 4 is 36.3 Å². The molecule has 1 amide bonds. The molecule has 1 heterocycles. The normalized spacial score (nSPS) is 17.9. The van der Waals surface area contributed by atoms with Gasteiger partial charge in [0.15, 0.2) is 0 Å². The number of hydrogen-bond donors (Lipinski definition) is 0. The van der Waals surface area contributed by atoms with Gasteiger partial charge in [0.05, 0.1) is 15.8 Å². The van der Waals surface area contributed by atoms with Crippen LogP contribution in [0.1, 0.15) is 12.8 Å². The number of likely N-dealkylation sites (tertiary alicyclic amines) is 1. The Balaban J connectivity index is 2.10. The maximum absolute atomic E-state index is 11.0. The summed E-state index contributed by atoms with van der Waals surface area (Å²) >= 11 is 2.07. The summed E-state index contributed by atoms with van der Waals surface area (Å²) in [6.45, 7) is 2.29. The molecule has 0 aromatic rings. The van der Waals surface area contributed by atoms with Crippen LogP contribution in [0, 0.1) is 0 Å². The number of amides is 1. The minimum absolute atomic E-state index is 0.270. The zero-order chi connectivity index (χ0) is 8.10. The van der Waals surface area contributed by atoms with Gasteiger partial charge in [0.1, 0.15) is 0 Å². The highest BCUT2D eigenvalue weighted by Crippen LogP contribution is 2.13. The van der Waals surface area contributed by atoms with Crippen LogP contribution in [0.2, 0.25) is 0 Å². The Morgan fingerprint density at radius 1 is 1.73 bits per heavy atom. The van der Waals surface area contributed by atoms with Gasteiger partial charge in [-0.15, -0.1) is 0 Å². The minimum Gasteiger partial charge on any atom is -0.340 e. The topological polar surface area (TPSA) is 29.5 Å².